The second-order valence-electron chi connectivity index (χ2n) is 6.19. The SMILES string of the molecule is CCCCc1ccccc1[Si](O)(O)c1ccccc1CCCC. The van der Waals surface area contributed by atoms with Crippen LogP contribution in [0.3, 0.4) is 0 Å². The van der Waals surface area contributed by atoms with Crippen molar-refractivity contribution in [3.63, 3.8) is 0 Å². The van der Waals surface area contributed by atoms with E-state index in [0.717, 1.165) is 60.0 Å². The minimum absolute atomic E-state index is 0.748. The van der Waals surface area contributed by atoms with Crippen LogP contribution in [0.25, 0.3) is 0 Å². The van der Waals surface area contributed by atoms with Gasteiger partial charge in [0.1, 0.15) is 0 Å². The Morgan fingerprint density at radius 1 is 0.696 bits per heavy atom. The largest absolute Gasteiger partial charge is 0.404 e. The predicted octanol–water partition coefficient (Wildman–Crippen LogP) is 2.91. The van der Waals surface area contributed by atoms with Crippen molar-refractivity contribution < 1.29 is 9.59 Å². The number of hydrogen-bond donors (Lipinski definition) is 2. The second-order valence-corrected chi connectivity index (χ2v) is 8.62. The summed E-state index contributed by atoms with van der Waals surface area (Å²) in [6.07, 6.45) is 6.15. The van der Waals surface area contributed by atoms with E-state index in [1.807, 2.05) is 48.5 Å². The van der Waals surface area contributed by atoms with Crippen LogP contribution in [0.5, 0.6) is 0 Å². The fourth-order valence-electron chi connectivity index (χ4n) is 3.04. The molecule has 0 aromatic heterocycles. The predicted molar refractivity (Wildman–Crippen MR) is 99.6 cm³/mol. The molecule has 2 N–H and O–H groups in total. The summed E-state index contributed by atoms with van der Waals surface area (Å²) in [4.78, 5) is 22.2. The maximum atomic E-state index is 11.1. The molecule has 0 aliphatic carbocycles. The van der Waals surface area contributed by atoms with Crippen molar-refractivity contribution in [2.24, 2.45) is 0 Å². The molecule has 0 saturated heterocycles. The molecule has 3 heteroatoms. The molecule has 0 fully saturated rings. The highest BCUT2D eigenvalue weighted by molar-refractivity contribution is 6.91. The van der Waals surface area contributed by atoms with Gasteiger partial charge in [0, 0.05) is 10.4 Å². The Bertz CT molecular complexity index is 569. The number of benzene rings is 2. The summed E-state index contributed by atoms with van der Waals surface area (Å²) in [6.45, 7) is 4.32. The first-order chi connectivity index (χ1) is 11.1. The van der Waals surface area contributed by atoms with Gasteiger partial charge in [-0.1, -0.05) is 75.2 Å². The lowest BCUT2D eigenvalue weighted by Gasteiger charge is -2.24. The molecule has 2 aromatic rings. The minimum atomic E-state index is -3.64. The summed E-state index contributed by atoms with van der Waals surface area (Å²) in [6, 6.07) is 15.7. The van der Waals surface area contributed by atoms with E-state index in [1.54, 1.807) is 0 Å². The molecule has 2 rings (SSSR count). The average Bonchev–Trinajstić information content (AvgIpc) is 2.58. The van der Waals surface area contributed by atoms with Crippen molar-refractivity contribution in [3.8, 4) is 0 Å². The Kier molecular flexibility index (Phi) is 6.57. The summed E-state index contributed by atoms with van der Waals surface area (Å²) in [5.41, 5.74) is 2.16. The molecule has 0 unspecified atom stereocenters. The standard InChI is InChI=1S/C20H28O2Si/c1-3-5-11-17-13-7-9-15-19(17)23(21,22)20-16-10-8-14-18(20)12-6-4-2/h7-10,13-16,21-22H,3-6,11-12H2,1-2H3. The van der Waals surface area contributed by atoms with Crippen LogP contribution in [0.4, 0.5) is 0 Å². The summed E-state index contributed by atoms with van der Waals surface area (Å²) in [7, 11) is -3.64. The molecule has 2 nitrogen and oxygen atoms in total. The van der Waals surface area contributed by atoms with Crippen molar-refractivity contribution in [2.45, 2.75) is 52.4 Å². The van der Waals surface area contributed by atoms with Crippen LogP contribution in [-0.2, 0) is 12.8 Å². The Labute approximate surface area is 141 Å². The van der Waals surface area contributed by atoms with E-state index in [0.29, 0.717) is 0 Å². The zero-order chi connectivity index (χ0) is 16.7. The Morgan fingerprint density at radius 2 is 1.09 bits per heavy atom. The van der Waals surface area contributed by atoms with Gasteiger partial charge in [-0.2, -0.15) is 0 Å². The number of rotatable bonds is 8. The third-order valence-electron chi connectivity index (χ3n) is 4.39. The van der Waals surface area contributed by atoms with Crippen molar-refractivity contribution in [2.75, 3.05) is 0 Å². The number of hydrogen-bond acceptors (Lipinski definition) is 2. The van der Waals surface area contributed by atoms with Crippen LogP contribution in [-0.4, -0.2) is 18.2 Å². The van der Waals surface area contributed by atoms with Gasteiger partial charge in [-0.3, -0.25) is 0 Å². The Morgan fingerprint density at radius 3 is 1.48 bits per heavy atom. The highest BCUT2D eigenvalue weighted by atomic mass is 28.4. The maximum absolute atomic E-state index is 11.1. The van der Waals surface area contributed by atoms with Gasteiger partial charge in [0.05, 0.1) is 0 Å². The lowest BCUT2D eigenvalue weighted by molar-refractivity contribution is 0.400. The summed E-state index contributed by atoms with van der Waals surface area (Å²) >= 11 is 0. The summed E-state index contributed by atoms with van der Waals surface area (Å²) < 4.78 is 0. The molecule has 23 heavy (non-hydrogen) atoms. The minimum Gasteiger partial charge on any atom is -0.404 e. The fourth-order valence-corrected chi connectivity index (χ4v) is 5.30. The molecule has 0 heterocycles. The van der Waals surface area contributed by atoms with Crippen LogP contribution < -0.4 is 10.4 Å². The van der Waals surface area contributed by atoms with E-state index < -0.39 is 8.56 Å². The van der Waals surface area contributed by atoms with Crippen LogP contribution >= 0.6 is 0 Å². The third kappa shape index (κ3) is 4.31. The molecule has 0 atom stereocenters. The van der Waals surface area contributed by atoms with E-state index in [9.17, 15) is 9.59 Å². The van der Waals surface area contributed by atoms with Gasteiger partial charge < -0.3 is 9.59 Å². The highest BCUT2D eigenvalue weighted by Gasteiger charge is 2.38. The molecule has 124 valence electrons. The molecule has 0 bridgehead atoms. The van der Waals surface area contributed by atoms with E-state index in [2.05, 4.69) is 13.8 Å². The van der Waals surface area contributed by atoms with Crippen LogP contribution in [0.2, 0.25) is 0 Å². The van der Waals surface area contributed by atoms with Gasteiger partial charge >= 0.3 is 8.56 Å². The van der Waals surface area contributed by atoms with Crippen molar-refractivity contribution in [1.29, 1.82) is 0 Å². The zero-order valence-electron chi connectivity index (χ0n) is 14.3. The molecule has 0 aliphatic heterocycles. The number of unbranched alkanes of at least 4 members (excludes halogenated alkanes) is 2. The fraction of sp³-hybridized carbons (Fsp3) is 0.400. The molecule has 0 radical (unpaired) electrons. The van der Waals surface area contributed by atoms with E-state index in [1.165, 1.54) is 0 Å². The molecular weight excluding hydrogens is 300 g/mol. The van der Waals surface area contributed by atoms with Gasteiger partial charge in [-0.25, -0.2) is 0 Å². The molecule has 0 amide bonds. The quantitative estimate of drug-likeness (QED) is 0.732. The molecule has 2 aromatic carbocycles. The normalized spacial score (nSPS) is 11.7. The third-order valence-corrected chi connectivity index (χ3v) is 6.86. The van der Waals surface area contributed by atoms with Gasteiger partial charge in [0.25, 0.3) is 0 Å². The first-order valence-electron chi connectivity index (χ1n) is 8.72. The molecular formula is C20H28O2Si. The van der Waals surface area contributed by atoms with E-state index >= 15 is 0 Å². The Balaban J connectivity index is 2.42. The van der Waals surface area contributed by atoms with Crippen LogP contribution in [0.1, 0.15) is 50.7 Å². The highest BCUT2D eigenvalue weighted by Crippen LogP contribution is 2.11. The molecule has 0 spiro atoms. The van der Waals surface area contributed by atoms with Gasteiger partial charge in [-0.05, 0) is 36.8 Å². The van der Waals surface area contributed by atoms with E-state index in [-0.39, 0.29) is 0 Å². The van der Waals surface area contributed by atoms with Crippen LogP contribution in [0.15, 0.2) is 48.5 Å². The number of aryl methyl sites for hydroxylation is 2. The summed E-state index contributed by atoms with van der Waals surface area (Å²) in [5.74, 6) is 0. The van der Waals surface area contributed by atoms with Crippen molar-refractivity contribution in [1.82, 2.24) is 0 Å². The van der Waals surface area contributed by atoms with Crippen molar-refractivity contribution >= 4 is 18.9 Å². The first-order valence-corrected chi connectivity index (χ1v) is 10.6. The maximum Gasteiger partial charge on any atom is 0.402 e. The summed E-state index contributed by atoms with van der Waals surface area (Å²) in [5, 5.41) is 1.50. The van der Waals surface area contributed by atoms with E-state index in [4.69, 9.17) is 0 Å². The van der Waals surface area contributed by atoms with Gasteiger partial charge in [-0.15, -0.1) is 0 Å². The monoisotopic (exact) mass is 328 g/mol. The van der Waals surface area contributed by atoms with Gasteiger partial charge in [0.2, 0.25) is 0 Å². The lowest BCUT2D eigenvalue weighted by atomic mass is 10.1. The van der Waals surface area contributed by atoms with Crippen LogP contribution in [0, 0.1) is 0 Å². The average molecular weight is 329 g/mol. The molecule has 0 saturated carbocycles. The molecule has 0 aliphatic rings. The lowest BCUT2D eigenvalue weighted by Crippen LogP contribution is -2.61. The smallest absolute Gasteiger partial charge is 0.402 e. The zero-order valence-corrected chi connectivity index (χ0v) is 15.3. The first kappa shape index (κ1) is 17.9. The van der Waals surface area contributed by atoms with Crippen molar-refractivity contribution in [3.05, 3.63) is 59.7 Å². The Hall–Kier alpha value is -1.42. The second kappa shape index (κ2) is 8.43. The topological polar surface area (TPSA) is 40.5 Å². The van der Waals surface area contributed by atoms with Gasteiger partial charge in [0.15, 0.2) is 0 Å².